The van der Waals surface area contributed by atoms with Gasteiger partial charge in [0.15, 0.2) is 0 Å². The van der Waals surface area contributed by atoms with E-state index in [-0.39, 0.29) is 12.0 Å². The quantitative estimate of drug-likeness (QED) is 0.733. The maximum absolute atomic E-state index is 9.49. The third-order valence-electron chi connectivity index (χ3n) is 3.75. The average Bonchev–Trinajstić information content (AvgIpc) is 2.84. The van der Waals surface area contributed by atoms with Crippen LogP contribution in [0.1, 0.15) is 39.4 Å². The van der Waals surface area contributed by atoms with E-state index in [1.807, 2.05) is 12.1 Å². The Hall–Kier alpha value is -0.800. The predicted octanol–water partition coefficient (Wildman–Crippen LogP) is 2.60. The van der Waals surface area contributed by atoms with Crippen LogP contribution in [0.5, 0.6) is 0 Å². The summed E-state index contributed by atoms with van der Waals surface area (Å²) in [5.74, 6) is 1.01. The minimum Gasteiger partial charge on any atom is -0.469 e. The SMILES string of the molecule is CCC(CC)(CO)CNC(C)Cc1ccco1. The Morgan fingerprint density at radius 1 is 1.41 bits per heavy atom. The number of hydrogen-bond acceptors (Lipinski definition) is 3. The molecule has 0 bridgehead atoms. The molecule has 3 heteroatoms. The van der Waals surface area contributed by atoms with Gasteiger partial charge in [0.1, 0.15) is 5.76 Å². The molecule has 17 heavy (non-hydrogen) atoms. The van der Waals surface area contributed by atoms with Gasteiger partial charge in [0.25, 0.3) is 0 Å². The van der Waals surface area contributed by atoms with Gasteiger partial charge in [0.2, 0.25) is 0 Å². The van der Waals surface area contributed by atoms with E-state index < -0.39 is 0 Å². The molecule has 0 saturated heterocycles. The van der Waals surface area contributed by atoms with Crippen LogP contribution < -0.4 is 5.32 Å². The molecular weight excluding hydrogens is 214 g/mol. The first-order chi connectivity index (χ1) is 8.15. The van der Waals surface area contributed by atoms with Gasteiger partial charge in [-0.15, -0.1) is 0 Å². The van der Waals surface area contributed by atoms with Crippen LogP contribution in [0.2, 0.25) is 0 Å². The number of hydrogen-bond donors (Lipinski definition) is 2. The predicted molar refractivity (Wildman–Crippen MR) is 70.0 cm³/mol. The summed E-state index contributed by atoms with van der Waals surface area (Å²) in [6.45, 7) is 7.53. The largest absolute Gasteiger partial charge is 0.469 e. The van der Waals surface area contributed by atoms with Gasteiger partial charge in [-0.3, -0.25) is 0 Å². The van der Waals surface area contributed by atoms with E-state index in [0.717, 1.165) is 31.6 Å². The second-order valence-corrected chi connectivity index (χ2v) is 4.93. The Kier molecular flexibility index (Phi) is 5.72. The van der Waals surface area contributed by atoms with Crippen molar-refractivity contribution in [1.29, 1.82) is 0 Å². The first-order valence-electron chi connectivity index (χ1n) is 6.52. The summed E-state index contributed by atoms with van der Waals surface area (Å²) in [6.07, 6.45) is 4.60. The van der Waals surface area contributed by atoms with Gasteiger partial charge in [0, 0.05) is 31.0 Å². The monoisotopic (exact) mass is 239 g/mol. The Labute approximate surface area is 104 Å². The summed E-state index contributed by atoms with van der Waals surface area (Å²) in [6, 6.07) is 4.28. The summed E-state index contributed by atoms with van der Waals surface area (Å²) >= 11 is 0. The fourth-order valence-corrected chi connectivity index (χ4v) is 1.97. The fourth-order valence-electron chi connectivity index (χ4n) is 1.97. The van der Waals surface area contributed by atoms with Crippen LogP contribution in [0.4, 0.5) is 0 Å². The molecule has 0 aliphatic heterocycles. The van der Waals surface area contributed by atoms with Gasteiger partial charge in [0.05, 0.1) is 6.26 Å². The molecule has 0 aliphatic carbocycles. The van der Waals surface area contributed by atoms with Crippen molar-refractivity contribution in [1.82, 2.24) is 5.32 Å². The molecule has 2 N–H and O–H groups in total. The summed E-state index contributed by atoms with van der Waals surface area (Å²) < 4.78 is 5.33. The summed E-state index contributed by atoms with van der Waals surface area (Å²) in [5, 5.41) is 13.0. The Balaban J connectivity index is 2.38. The molecule has 0 aliphatic rings. The lowest BCUT2D eigenvalue weighted by atomic mass is 9.83. The fraction of sp³-hybridized carbons (Fsp3) is 0.714. The van der Waals surface area contributed by atoms with Crippen molar-refractivity contribution in [2.24, 2.45) is 5.41 Å². The lowest BCUT2D eigenvalue weighted by Crippen LogP contribution is -2.41. The van der Waals surface area contributed by atoms with Gasteiger partial charge < -0.3 is 14.8 Å². The molecule has 1 unspecified atom stereocenters. The molecule has 0 spiro atoms. The van der Waals surface area contributed by atoms with Crippen molar-refractivity contribution in [3.05, 3.63) is 24.2 Å². The van der Waals surface area contributed by atoms with E-state index in [1.54, 1.807) is 6.26 Å². The van der Waals surface area contributed by atoms with E-state index >= 15 is 0 Å². The Morgan fingerprint density at radius 3 is 2.59 bits per heavy atom. The first-order valence-corrected chi connectivity index (χ1v) is 6.52. The normalized spacial score (nSPS) is 13.9. The van der Waals surface area contributed by atoms with Gasteiger partial charge in [-0.2, -0.15) is 0 Å². The molecule has 0 fully saturated rings. The van der Waals surface area contributed by atoms with Gasteiger partial charge in [-0.25, -0.2) is 0 Å². The number of nitrogens with one attached hydrogen (secondary N) is 1. The van der Waals surface area contributed by atoms with E-state index in [2.05, 4.69) is 26.1 Å². The van der Waals surface area contributed by atoms with Crippen LogP contribution in [-0.2, 0) is 6.42 Å². The van der Waals surface area contributed by atoms with Crippen LogP contribution in [-0.4, -0.2) is 24.3 Å². The average molecular weight is 239 g/mol. The molecule has 0 amide bonds. The van der Waals surface area contributed by atoms with Crippen molar-refractivity contribution in [3.63, 3.8) is 0 Å². The maximum Gasteiger partial charge on any atom is 0.105 e. The number of furan rings is 1. The summed E-state index contributed by atoms with van der Waals surface area (Å²) in [4.78, 5) is 0. The third-order valence-corrected chi connectivity index (χ3v) is 3.75. The topological polar surface area (TPSA) is 45.4 Å². The highest BCUT2D eigenvalue weighted by Crippen LogP contribution is 2.24. The number of aliphatic hydroxyl groups excluding tert-OH is 1. The zero-order valence-electron chi connectivity index (χ0n) is 11.2. The second kappa shape index (κ2) is 6.82. The van der Waals surface area contributed by atoms with Gasteiger partial charge in [-0.1, -0.05) is 13.8 Å². The molecule has 1 rings (SSSR count). The molecule has 98 valence electrons. The highest BCUT2D eigenvalue weighted by molar-refractivity contribution is 5.00. The van der Waals surface area contributed by atoms with Crippen LogP contribution in [0.3, 0.4) is 0 Å². The third kappa shape index (κ3) is 4.17. The smallest absolute Gasteiger partial charge is 0.105 e. The Bertz CT molecular complexity index is 283. The van der Waals surface area contributed by atoms with Crippen molar-refractivity contribution in [2.45, 2.75) is 46.1 Å². The van der Waals surface area contributed by atoms with Crippen molar-refractivity contribution >= 4 is 0 Å². The molecule has 1 aromatic rings. The van der Waals surface area contributed by atoms with Crippen LogP contribution in [0, 0.1) is 5.41 Å². The highest BCUT2D eigenvalue weighted by Gasteiger charge is 2.25. The van der Waals surface area contributed by atoms with Crippen molar-refractivity contribution < 1.29 is 9.52 Å². The molecular formula is C14H25NO2. The van der Waals surface area contributed by atoms with E-state index in [1.165, 1.54) is 0 Å². The van der Waals surface area contributed by atoms with E-state index in [4.69, 9.17) is 4.42 Å². The lowest BCUT2D eigenvalue weighted by Gasteiger charge is -2.31. The van der Waals surface area contributed by atoms with E-state index in [9.17, 15) is 5.11 Å². The molecule has 1 aromatic heterocycles. The van der Waals surface area contributed by atoms with Crippen LogP contribution in [0.15, 0.2) is 22.8 Å². The standard InChI is InChI=1S/C14H25NO2/c1-4-14(5-2,11-16)10-15-12(3)9-13-7-6-8-17-13/h6-8,12,15-16H,4-5,9-11H2,1-3H3. The van der Waals surface area contributed by atoms with Crippen LogP contribution in [0.25, 0.3) is 0 Å². The minimum atomic E-state index is 0.0252. The number of aliphatic hydroxyl groups is 1. The van der Waals surface area contributed by atoms with Gasteiger partial charge >= 0.3 is 0 Å². The maximum atomic E-state index is 9.49. The van der Waals surface area contributed by atoms with Crippen molar-refractivity contribution in [3.8, 4) is 0 Å². The van der Waals surface area contributed by atoms with Gasteiger partial charge in [-0.05, 0) is 31.9 Å². The number of rotatable bonds is 8. The van der Waals surface area contributed by atoms with Crippen LogP contribution >= 0.6 is 0 Å². The zero-order valence-corrected chi connectivity index (χ0v) is 11.2. The minimum absolute atomic E-state index is 0.0252. The van der Waals surface area contributed by atoms with Crippen molar-refractivity contribution in [2.75, 3.05) is 13.2 Å². The zero-order chi connectivity index (χ0) is 12.7. The highest BCUT2D eigenvalue weighted by atomic mass is 16.3. The first kappa shape index (κ1) is 14.3. The summed E-state index contributed by atoms with van der Waals surface area (Å²) in [7, 11) is 0. The lowest BCUT2D eigenvalue weighted by molar-refractivity contribution is 0.110. The molecule has 3 nitrogen and oxygen atoms in total. The Morgan fingerprint density at radius 2 is 2.12 bits per heavy atom. The molecule has 0 aromatic carbocycles. The molecule has 0 radical (unpaired) electrons. The molecule has 1 heterocycles. The second-order valence-electron chi connectivity index (χ2n) is 4.93. The summed E-state index contributed by atoms with van der Waals surface area (Å²) in [5.41, 5.74) is 0.0252. The van der Waals surface area contributed by atoms with E-state index in [0.29, 0.717) is 6.04 Å². The molecule has 0 saturated carbocycles. The molecule has 1 atom stereocenters.